The first-order valence-electron chi connectivity index (χ1n) is 7.15. The molecule has 0 bridgehead atoms. The molecule has 0 N–H and O–H groups in total. The van der Waals surface area contributed by atoms with Crippen molar-refractivity contribution in [3.05, 3.63) is 47.3 Å². The quantitative estimate of drug-likeness (QED) is 0.815. The number of hydrogen-bond acceptors (Lipinski definition) is 2. The molecule has 2 nitrogen and oxygen atoms in total. The van der Waals surface area contributed by atoms with Crippen LogP contribution in [0.5, 0.6) is 0 Å². The Hall–Kier alpha value is -1.97. The van der Waals surface area contributed by atoms with Crippen LogP contribution in [0.15, 0.2) is 30.5 Å². The van der Waals surface area contributed by atoms with Gasteiger partial charge in [0.15, 0.2) is 0 Å². The lowest BCUT2D eigenvalue weighted by Gasteiger charge is -2.29. The van der Waals surface area contributed by atoms with Gasteiger partial charge in [-0.3, -0.25) is 4.98 Å². The Morgan fingerprint density at radius 3 is 2.76 bits per heavy atom. The first-order valence-corrected chi connectivity index (χ1v) is 7.15. The smallest absolute Gasteiger partial charge is 0.264 e. The fourth-order valence-electron chi connectivity index (χ4n) is 2.98. The second-order valence-electron chi connectivity index (χ2n) is 5.58. The number of anilines is 1. The van der Waals surface area contributed by atoms with Gasteiger partial charge in [0.05, 0.1) is 0 Å². The molecule has 0 unspecified atom stereocenters. The van der Waals surface area contributed by atoms with Crippen molar-refractivity contribution < 1.29 is 8.78 Å². The van der Waals surface area contributed by atoms with E-state index in [1.54, 1.807) is 18.3 Å². The Balaban J connectivity index is 2.19. The highest BCUT2D eigenvalue weighted by Gasteiger charge is 2.21. The third-order valence-electron chi connectivity index (χ3n) is 4.04. The molecule has 2 aromatic rings. The van der Waals surface area contributed by atoms with E-state index in [1.165, 1.54) is 0 Å². The predicted octanol–water partition coefficient (Wildman–Crippen LogP) is 4.38. The van der Waals surface area contributed by atoms with Crippen molar-refractivity contribution in [2.45, 2.75) is 26.2 Å². The number of benzene rings is 1. The molecule has 4 heteroatoms. The van der Waals surface area contributed by atoms with E-state index in [4.69, 9.17) is 0 Å². The first kappa shape index (κ1) is 14.0. The molecule has 2 heterocycles. The van der Waals surface area contributed by atoms with Crippen LogP contribution in [0, 0.1) is 6.92 Å². The maximum absolute atomic E-state index is 13.5. The van der Waals surface area contributed by atoms with Crippen LogP contribution < -0.4 is 4.90 Å². The number of rotatable bonds is 2. The predicted molar refractivity (Wildman–Crippen MR) is 81.0 cm³/mol. The van der Waals surface area contributed by atoms with Gasteiger partial charge < -0.3 is 4.90 Å². The average molecular weight is 288 g/mol. The topological polar surface area (TPSA) is 16.1 Å². The highest BCUT2D eigenvalue weighted by Crippen LogP contribution is 2.38. The molecule has 0 spiro atoms. The van der Waals surface area contributed by atoms with Gasteiger partial charge in [-0.2, -0.15) is 0 Å². The van der Waals surface area contributed by atoms with Gasteiger partial charge >= 0.3 is 0 Å². The average Bonchev–Trinajstić information content (AvgIpc) is 2.46. The summed E-state index contributed by atoms with van der Waals surface area (Å²) >= 11 is 0. The van der Waals surface area contributed by atoms with Gasteiger partial charge in [0.2, 0.25) is 0 Å². The zero-order valence-corrected chi connectivity index (χ0v) is 12.2. The monoisotopic (exact) mass is 288 g/mol. The summed E-state index contributed by atoms with van der Waals surface area (Å²) in [5.74, 6) is 0. The van der Waals surface area contributed by atoms with Crippen LogP contribution in [0.2, 0.25) is 0 Å². The lowest BCUT2D eigenvalue weighted by molar-refractivity contribution is 0.152. The van der Waals surface area contributed by atoms with Gasteiger partial charge in [-0.1, -0.05) is 0 Å². The number of fused-ring (bicyclic) bond motifs is 1. The summed E-state index contributed by atoms with van der Waals surface area (Å²) in [5, 5.41) is 0. The number of nitrogens with zero attached hydrogens (tertiary/aromatic N) is 2. The fraction of sp³-hybridized carbons (Fsp3) is 0.353. The Morgan fingerprint density at radius 1 is 1.24 bits per heavy atom. The summed E-state index contributed by atoms with van der Waals surface area (Å²) < 4.78 is 27.0. The van der Waals surface area contributed by atoms with E-state index in [-0.39, 0.29) is 5.56 Å². The molecule has 0 radical (unpaired) electrons. The molecule has 0 amide bonds. The fourth-order valence-corrected chi connectivity index (χ4v) is 2.98. The molecule has 0 saturated heterocycles. The molecule has 1 aromatic carbocycles. The van der Waals surface area contributed by atoms with Crippen LogP contribution in [0.1, 0.15) is 29.7 Å². The molecule has 0 atom stereocenters. The standard InChI is InChI=1S/C17H18F2N2/c1-11-8-12(5-6-20-11)14-9-13-4-3-7-21(2)16(13)10-15(14)17(18)19/h5-6,8-10,17H,3-4,7H2,1-2H3. The van der Waals surface area contributed by atoms with Crippen molar-refractivity contribution in [2.24, 2.45) is 0 Å². The summed E-state index contributed by atoms with van der Waals surface area (Å²) in [6.07, 6.45) is 1.20. The Morgan fingerprint density at radius 2 is 2.05 bits per heavy atom. The highest BCUT2D eigenvalue weighted by molar-refractivity contribution is 5.74. The van der Waals surface area contributed by atoms with E-state index in [9.17, 15) is 8.78 Å². The molecular weight excluding hydrogens is 270 g/mol. The number of pyridine rings is 1. The summed E-state index contributed by atoms with van der Waals surface area (Å²) in [5.41, 5.74) is 4.47. The van der Waals surface area contributed by atoms with Gasteiger partial charge in [-0.25, -0.2) is 8.78 Å². The van der Waals surface area contributed by atoms with Crippen LogP contribution in [-0.4, -0.2) is 18.6 Å². The van der Waals surface area contributed by atoms with E-state index in [2.05, 4.69) is 9.88 Å². The van der Waals surface area contributed by atoms with Crippen molar-refractivity contribution in [2.75, 3.05) is 18.5 Å². The van der Waals surface area contributed by atoms with Crippen molar-refractivity contribution in [3.63, 3.8) is 0 Å². The lowest BCUT2D eigenvalue weighted by atomic mass is 9.92. The summed E-state index contributed by atoms with van der Waals surface area (Å²) in [6.45, 7) is 2.79. The molecule has 3 rings (SSSR count). The number of aryl methyl sites for hydroxylation is 2. The SMILES string of the molecule is Cc1cc(-c2cc3c(cc2C(F)F)N(C)CCC3)ccn1. The number of halogens is 2. The molecule has 0 saturated carbocycles. The van der Waals surface area contributed by atoms with E-state index in [0.717, 1.165) is 41.9 Å². The van der Waals surface area contributed by atoms with Crippen LogP contribution in [0.25, 0.3) is 11.1 Å². The third-order valence-corrected chi connectivity index (χ3v) is 4.04. The molecule has 0 fully saturated rings. The van der Waals surface area contributed by atoms with Gasteiger partial charge in [-0.15, -0.1) is 0 Å². The van der Waals surface area contributed by atoms with Crippen LogP contribution in [-0.2, 0) is 6.42 Å². The molecule has 110 valence electrons. The second kappa shape index (κ2) is 5.43. The normalized spacial score (nSPS) is 14.4. The minimum absolute atomic E-state index is 0.105. The van der Waals surface area contributed by atoms with Gasteiger partial charge in [0.1, 0.15) is 0 Å². The maximum atomic E-state index is 13.5. The molecular formula is C17H18F2N2. The zero-order valence-electron chi connectivity index (χ0n) is 12.2. The number of alkyl halides is 2. The Labute approximate surface area is 123 Å². The minimum atomic E-state index is -2.48. The largest absolute Gasteiger partial charge is 0.374 e. The van der Waals surface area contributed by atoms with Crippen molar-refractivity contribution in [3.8, 4) is 11.1 Å². The first-order chi connectivity index (χ1) is 10.1. The summed E-state index contributed by atoms with van der Waals surface area (Å²) in [7, 11) is 1.96. The molecule has 1 aromatic heterocycles. The maximum Gasteiger partial charge on any atom is 0.264 e. The molecule has 1 aliphatic heterocycles. The third kappa shape index (κ3) is 2.62. The summed E-state index contributed by atoms with van der Waals surface area (Å²) in [6, 6.07) is 7.25. The molecule has 21 heavy (non-hydrogen) atoms. The van der Waals surface area contributed by atoms with Gasteiger partial charge in [0, 0.05) is 36.7 Å². The van der Waals surface area contributed by atoms with Crippen LogP contribution in [0.4, 0.5) is 14.5 Å². The van der Waals surface area contributed by atoms with E-state index in [1.807, 2.05) is 26.1 Å². The number of aromatic nitrogens is 1. The second-order valence-corrected chi connectivity index (χ2v) is 5.58. The lowest BCUT2D eigenvalue weighted by Crippen LogP contribution is -2.25. The highest BCUT2D eigenvalue weighted by atomic mass is 19.3. The molecule has 1 aliphatic rings. The van der Waals surface area contributed by atoms with Crippen molar-refractivity contribution >= 4 is 5.69 Å². The van der Waals surface area contributed by atoms with E-state index in [0.29, 0.717) is 5.56 Å². The van der Waals surface area contributed by atoms with Gasteiger partial charge in [0.25, 0.3) is 6.43 Å². The number of hydrogen-bond donors (Lipinski definition) is 0. The summed E-state index contributed by atoms with van der Waals surface area (Å²) in [4.78, 5) is 6.21. The van der Waals surface area contributed by atoms with Crippen LogP contribution in [0.3, 0.4) is 0 Å². The molecule has 0 aliphatic carbocycles. The van der Waals surface area contributed by atoms with Crippen LogP contribution >= 0.6 is 0 Å². The van der Waals surface area contributed by atoms with Gasteiger partial charge in [-0.05, 0) is 60.7 Å². The van der Waals surface area contributed by atoms with Crippen molar-refractivity contribution in [1.82, 2.24) is 4.98 Å². The van der Waals surface area contributed by atoms with E-state index >= 15 is 0 Å². The minimum Gasteiger partial charge on any atom is -0.374 e. The zero-order chi connectivity index (χ0) is 15.0. The van der Waals surface area contributed by atoms with E-state index < -0.39 is 6.43 Å². The Bertz CT molecular complexity index is 668. The Kier molecular flexibility index (Phi) is 3.62. The van der Waals surface area contributed by atoms with Crippen molar-refractivity contribution in [1.29, 1.82) is 0 Å².